The average molecular weight is 279 g/mol. The van der Waals surface area contributed by atoms with E-state index in [2.05, 4.69) is 25.7 Å². The number of piperazine rings is 1. The second-order valence-electron chi connectivity index (χ2n) is 4.51. The predicted octanol–water partition coefficient (Wildman–Crippen LogP) is 0.721. The maximum Gasteiger partial charge on any atom is 0.170 e. The number of halogens is 1. The number of aromatic nitrogens is 4. The number of hydrogen-bond donors (Lipinski definition) is 1. The van der Waals surface area contributed by atoms with Gasteiger partial charge in [-0.25, -0.2) is 0 Å². The van der Waals surface area contributed by atoms with Crippen molar-refractivity contribution in [3.8, 4) is 5.69 Å². The van der Waals surface area contributed by atoms with Gasteiger partial charge in [0, 0.05) is 31.2 Å². The second kappa shape index (κ2) is 5.64. The van der Waals surface area contributed by atoms with Crippen LogP contribution in [0.2, 0.25) is 5.02 Å². The normalized spacial score (nSPS) is 16.7. The molecule has 0 amide bonds. The Bertz CT molecular complexity index is 531. The number of tetrazole rings is 1. The maximum absolute atomic E-state index is 5.89. The Morgan fingerprint density at radius 3 is 2.63 bits per heavy atom. The first-order valence-corrected chi connectivity index (χ1v) is 6.67. The van der Waals surface area contributed by atoms with E-state index in [-0.39, 0.29) is 0 Å². The van der Waals surface area contributed by atoms with Gasteiger partial charge in [-0.2, -0.15) is 4.68 Å². The van der Waals surface area contributed by atoms with Crippen molar-refractivity contribution in [3.05, 3.63) is 35.1 Å². The van der Waals surface area contributed by atoms with Crippen molar-refractivity contribution >= 4 is 11.6 Å². The van der Waals surface area contributed by atoms with Gasteiger partial charge in [0.1, 0.15) is 0 Å². The molecular weight excluding hydrogens is 264 g/mol. The lowest BCUT2D eigenvalue weighted by Gasteiger charge is -2.26. The molecule has 0 spiro atoms. The van der Waals surface area contributed by atoms with Crippen LogP contribution in [0.25, 0.3) is 5.69 Å². The van der Waals surface area contributed by atoms with E-state index in [9.17, 15) is 0 Å². The predicted molar refractivity (Wildman–Crippen MR) is 72.3 cm³/mol. The van der Waals surface area contributed by atoms with Gasteiger partial charge in [0.25, 0.3) is 0 Å². The Kier molecular flexibility index (Phi) is 3.72. The monoisotopic (exact) mass is 278 g/mol. The minimum atomic E-state index is 0.709. The third-order valence-corrected chi connectivity index (χ3v) is 3.43. The van der Waals surface area contributed by atoms with E-state index in [1.807, 2.05) is 24.3 Å². The Morgan fingerprint density at radius 1 is 1.16 bits per heavy atom. The van der Waals surface area contributed by atoms with E-state index in [1.54, 1.807) is 4.68 Å². The standard InChI is InChI=1S/C12H15ClN6/c13-10-1-3-11(4-2-10)19-12(15-16-17-19)9-18-7-5-14-6-8-18/h1-4,14H,5-9H2. The highest BCUT2D eigenvalue weighted by molar-refractivity contribution is 6.30. The summed E-state index contributed by atoms with van der Waals surface area (Å²) in [6.45, 7) is 4.84. The highest BCUT2D eigenvalue weighted by Gasteiger charge is 2.15. The van der Waals surface area contributed by atoms with Gasteiger partial charge in [-0.3, -0.25) is 4.90 Å². The van der Waals surface area contributed by atoms with Crippen LogP contribution < -0.4 is 5.32 Å². The number of hydrogen-bond acceptors (Lipinski definition) is 5. The molecule has 7 heteroatoms. The molecule has 0 aliphatic carbocycles. The van der Waals surface area contributed by atoms with Crippen LogP contribution in [-0.4, -0.2) is 51.3 Å². The zero-order valence-corrected chi connectivity index (χ0v) is 11.2. The largest absolute Gasteiger partial charge is 0.314 e. The van der Waals surface area contributed by atoms with Gasteiger partial charge < -0.3 is 5.32 Å². The summed E-state index contributed by atoms with van der Waals surface area (Å²) in [4.78, 5) is 2.34. The van der Waals surface area contributed by atoms with E-state index in [0.717, 1.165) is 44.2 Å². The van der Waals surface area contributed by atoms with Gasteiger partial charge >= 0.3 is 0 Å². The van der Waals surface area contributed by atoms with Crippen molar-refractivity contribution in [2.75, 3.05) is 26.2 Å². The Morgan fingerprint density at radius 2 is 1.89 bits per heavy atom. The lowest BCUT2D eigenvalue weighted by molar-refractivity contribution is 0.226. The quantitative estimate of drug-likeness (QED) is 0.897. The Hall–Kier alpha value is -1.50. The minimum absolute atomic E-state index is 0.709. The summed E-state index contributed by atoms with van der Waals surface area (Å²) in [5.41, 5.74) is 0.930. The summed E-state index contributed by atoms with van der Waals surface area (Å²) in [6, 6.07) is 7.51. The summed E-state index contributed by atoms with van der Waals surface area (Å²) in [5.74, 6) is 0.851. The smallest absolute Gasteiger partial charge is 0.170 e. The molecule has 1 aliphatic heterocycles. The van der Waals surface area contributed by atoms with Crippen LogP contribution in [0.1, 0.15) is 5.82 Å². The molecule has 6 nitrogen and oxygen atoms in total. The molecule has 0 atom stereocenters. The van der Waals surface area contributed by atoms with Gasteiger partial charge in [0.2, 0.25) is 0 Å². The highest BCUT2D eigenvalue weighted by atomic mass is 35.5. The molecule has 0 unspecified atom stereocenters. The zero-order chi connectivity index (χ0) is 13.1. The third-order valence-electron chi connectivity index (χ3n) is 3.18. The average Bonchev–Trinajstić information content (AvgIpc) is 2.89. The van der Waals surface area contributed by atoms with Gasteiger partial charge in [-0.05, 0) is 34.7 Å². The number of rotatable bonds is 3. The molecular formula is C12H15ClN6. The molecule has 3 rings (SSSR count). The van der Waals surface area contributed by atoms with Crippen molar-refractivity contribution < 1.29 is 0 Å². The molecule has 1 saturated heterocycles. The topological polar surface area (TPSA) is 58.9 Å². The second-order valence-corrected chi connectivity index (χ2v) is 4.95. The third kappa shape index (κ3) is 2.91. The van der Waals surface area contributed by atoms with Crippen molar-refractivity contribution in [2.24, 2.45) is 0 Å². The van der Waals surface area contributed by atoms with Crippen molar-refractivity contribution in [2.45, 2.75) is 6.54 Å². The van der Waals surface area contributed by atoms with Gasteiger partial charge in [-0.15, -0.1) is 5.10 Å². The van der Waals surface area contributed by atoms with E-state index < -0.39 is 0 Å². The first kappa shape index (κ1) is 12.5. The Labute approximate surface area is 116 Å². The zero-order valence-electron chi connectivity index (χ0n) is 10.5. The summed E-state index contributed by atoms with van der Waals surface area (Å²) in [7, 11) is 0. The molecule has 0 radical (unpaired) electrons. The fourth-order valence-corrected chi connectivity index (χ4v) is 2.28. The lowest BCUT2D eigenvalue weighted by atomic mass is 10.3. The number of nitrogens with zero attached hydrogens (tertiary/aromatic N) is 5. The number of nitrogens with one attached hydrogen (secondary N) is 1. The molecule has 0 saturated carbocycles. The summed E-state index contributed by atoms with van der Waals surface area (Å²) in [6.07, 6.45) is 0. The highest BCUT2D eigenvalue weighted by Crippen LogP contribution is 2.14. The van der Waals surface area contributed by atoms with Crippen LogP contribution >= 0.6 is 11.6 Å². The van der Waals surface area contributed by atoms with Crippen molar-refractivity contribution in [3.63, 3.8) is 0 Å². The molecule has 1 fully saturated rings. The van der Waals surface area contributed by atoms with Crippen LogP contribution in [-0.2, 0) is 6.54 Å². The van der Waals surface area contributed by atoms with Crippen LogP contribution in [0.5, 0.6) is 0 Å². The van der Waals surface area contributed by atoms with E-state index in [1.165, 1.54) is 0 Å². The molecule has 1 N–H and O–H groups in total. The molecule has 100 valence electrons. The fourth-order valence-electron chi connectivity index (χ4n) is 2.16. The molecule has 19 heavy (non-hydrogen) atoms. The molecule has 1 aromatic carbocycles. The molecule has 2 heterocycles. The Balaban J connectivity index is 1.79. The molecule has 0 bridgehead atoms. The van der Waals surface area contributed by atoms with E-state index >= 15 is 0 Å². The SMILES string of the molecule is Clc1ccc(-n2nnnc2CN2CCNCC2)cc1. The van der Waals surface area contributed by atoms with Crippen LogP contribution in [0.15, 0.2) is 24.3 Å². The summed E-state index contributed by atoms with van der Waals surface area (Å²) >= 11 is 5.89. The summed E-state index contributed by atoms with van der Waals surface area (Å²) < 4.78 is 1.76. The molecule has 1 aromatic heterocycles. The first-order chi connectivity index (χ1) is 9.33. The molecule has 1 aliphatic rings. The minimum Gasteiger partial charge on any atom is -0.314 e. The maximum atomic E-state index is 5.89. The lowest BCUT2D eigenvalue weighted by Crippen LogP contribution is -2.43. The van der Waals surface area contributed by atoms with Crippen molar-refractivity contribution in [1.29, 1.82) is 0 Å². The van der Waals surface area contributed by atoms with Crippen molar-refractivity contribution in [1.82, 2.24) is 30.4 Å². The van der Waals surface area contributed by atoms with Gasteiger partial charge in [0.05, 0.1) is 12.2 Å². The van der Waals surface area contributed by atoms with E-state index in [0.29, 0.717) is 5.02 Å². The fraction of sp³-hybridized carbons (Fsp3) is 0.417. The van der Waals surface area contributed by atoms with Crippen LogP contribution in [0.4, 0.5) is 0 Å². The molecule has 2 aromatic rings. The van der Waals surface area contributed by atoms with Crippen LogP contribution in [0, 0.1) is 0 Å². The number of benzene rings is 1. The van der Waals surface area contributed by atoms with Gasteiger partial charge in [0.15, 0.2) is 5.82 Å². The summed E-state index contributed by atoms with van der Waals surface area (Å²) in [5, 5.41) is 16.0. The van der Waals surface area contributed by atoms with Crippen LogP contribution in [0.3, 0.4) is 0 Å². The first-order valence-electron chi connectivity index (χ1n) is 6.29. The van der Waals surface area contributed by atoms with Gasteiger partial charge in [-0.1, -0.05) is 11.6 Å². The van der Waals surface area contributed by atoms with E-state index in [4.69, 9.17) is 11.6 Å².